The number of hydrogen-bond acceptors (Lipinski definition) is 7. The number of sulfonamides is 1. The fourth-order valence-electron chi connectivity index (χ4n) is 3.83. The van der Waals surface area contributed by atoms with Crippen molar-refractivity contribution in [3.8, 4) is 5.75 Å². The van der Waals surface area contributed by atoms with Crippen molar-refractivity contribution in [2.24, 2.45) is 5.10 Å². The van der Waals surface area contributed by atoms with Gasteiger partial charge in [0.2, 0.25) is 0 Å². The van der Waals surface area contributed by atoms with Crippen molar-refractivity contribution in [3.63, 3.8) is 0 Å². The molecule has 40 heavy (non-hydrogen) atoms. The van der Waals surface area contributed by atoms with E-state index in [1.807, 2.05) is 6.92 Å². The van der Waals surface area contributed by atoms with E-state index in [1.54, 1.807) is 41.3 Å². The second-order valence-electron chi connectivity index (χ2n) is 8.92. The summed E-state index contributed by atoms with van der Waals surface area (Å²) in [5.74, 6) is -1.18. The molecule has 0 radical (unpaired) electrons. The summed E-state index contributed by atoms with van der Waals surface area (Å²) in [5.41, 5.74) is 3.49. The van der Waals surface area contributed by atoms with Gasteiger partial charge in [0.25, 0.3) is 21.8 Å². The minimum absolute atomic E-state index is 0.0772. The van der Waals surface area contributed by atoms with Crippen LogP contribution in [0.3, 0.4) is 0 Å². The lowest BCUT2D eigenvalue weighted by molar-refractivity contribution is -0.137. The number of rotatable bonds is 10. The van der Waals surface area contributed by atoms with Gasteiger partial charge in [-0.15, -0.1) is 0 Å². The summed E-state index contributed by atoms with van der Waals surface area (Å²) < 4.78 is 52.8. The first kappa shape index (κ1) is 28.7. The highest BCUT2D eigenvalue weighted by Crippen LogP contribution is 2.26. The zero-order chi connectivity index (χ0) is 28.5. The van der Waals surface area contributed by atoms with E-state index in [0.717, 1.165) is 11.6 Å². The zero-order valence-electron chi connectivity index (χ0n) is 21.8. The minimum Gasteiger partial charge on any atom is -0.484 e. The van der Waals surface area contributed by atoms with E-state index in [2.05, 4.69) is 10.5 Å². The molecule has 210 valence electrons. The largest absolute Gasteiger partial charge is 0.484 e. The first-order chi connectivity index (χ1) is 19.2. The lowest BCUT2D eigenvalue weighted by Gasteiger charge is -2.26. The van der Waals surface area contributed by atoms with Crippen molar-refractivity contribution in [3.05, 3.63) is 89.7 Å². The molecule has 0 aliphatic carbocycles. The number of carbonyl (C=O) groups is 2. The van der Waals surface area contributed by atoms with Crippen LogP contribution in [0, 0.1) is 12.7 Å². The Balaban J connectivity index is 1.37. The highest BCUT2D eigenvalue weighted by Gasteiger charge is 2.29. The maximum Gasteiger partial charge on any atom is 0.264 e. The predicted molar refractivity (Wildman–Crippen MR) is 147 cm³/mol. The van der Waals surface area contributed by atoms with Gasteiger partial charge in [0.05, 0.1) is 30.0 Å². The number of para-hydroxylation sites is 1. The minimum atomic E-state index is -4.26. The molecule has 0 unspecified atom stereocenters. The summed E-state index contributed by atoms with van der Waals surface area (Å²) in [6.45, 7) is 3.13. The molecule has 1 saturated heterocycles. The highest BCUT2D eigenvalue weighted by molar-refractivity contribution is 7.92. The Morgan fingerprint density at radius 2 is 1.73 bits per heavy atom. The van der Waals surface area contributed by atoms with Gasteiger partial charge in [0.1, 0.15) is 18.1 Å². The van der Waals surface area contributed by atoms with Crippen LogP contribution in [0.4, 0.5) is 10.1 Å². The molecule has 2 amide bonds. The van der Waals surface area contributed by atoms with Gasteiger partial charge in [-0.05, 0) is 61.0 Å². The van der Waals surface area contributed by atoms with Crippen LogP contribution in [0.25, 0.3) is 0 Å². The molecule has 1 N–H and O–H groups in total. The quantitative estimate of drug-likeness (QED) is 0.297. The lowest BCUT2D eigenvalue weighted by Crippen LogP contribution is -2.42. The average Bonchev–Trinajstić information content (AvgIpc) is 2.96. The molecule has 3 aromatic rings. The van der Waals surface area contributed by atoms with Gasteiger partial charge >= 0.3 is 0 Å². The molecular weight excluding hydrogens is 539 g/mol. The fraction of sp³-hybridized carbons (Fsp3) is 0.250. The summed E-state index contributed by atoms with van der Waals surface area (Å²) in [6.07, 6.45) is 1.36. The van der Waals surface area contributed by atoms with Crippen molar-refractivity contribution < 1.29 is 31.9 Å². The molecule has 0 spiro atoms. The molecule has 12 heteroatoms. The van der Waals surface area contributed by atoms with Crippen LogP contribution in [0.15, 0.2) is 82.8 Å². The molecule has 1 aliphatic heterocycles. The summed E-state index contributed by atoms with van der Waals surface area (Å²) in [6, 6.07) is 18.0. The third kappa shape index (κ3) is 7.42. The number of halogens is 1. The van der Waals surface area contributed by atoms with Crippen molar-refractivity contribution in [2.75, 3.05) is 43.8 Å². The van der Waals surface area contributed by atoms with Gasteiger partial charge in [-0.2, -0.15) is 5.10 Å². The Hall–Kier alpha value is -4.29. The number of hydrazone groups is 1. The Labute approximate surface area is 232 Å². The topological polar surface area (TPSA) is 118 Å². The highest BCUT2D eigenvalue weighted by atomic mass is 32.2. The van der Waals surface area contributed by atoms with E-state index in [0.29, 0.717) is 41.9 Å². The number of nitrogens with one attached hydrogen (secondary N) is 1. The summed E-state index contributed by atoms with van der Waals surface area (Å²) in [7, 11) is -4.26. The van der Waals surface area contributed by atoms with Crippen LogP contribution in [-0.2, 0) is 24.3 Å². The van der Waals surface area contributed by atoms with Gasteiger partial charge < -0.3 is 14.4 Å². The van der Waals surface area contributed by atoms with E-state index in [1.165, 1.54) is 36.5 Å². The van der Waals surface area contributed by atoms with E-state index in [-0.39, 0.29) is 23.1 Å². The molecule has 3 aromatic carbocycles. The van der Waals surface area contributed by atoms with Crippen LogP contribution in [-0.4, -0.2) is 70.8 Å². The average molecular weight is 569 g/mol. The Morgan fingerprint density at radius 1 is 1.05 bits per heavy atom. The van der Waals surface area contributed by atoms with Crippen molar-refractivity contribution in [2.45, 2.75) is 11.8 Å². The van der Waals surface area contributed by atoms with E-state index in [9.17, 15) is 22.4 Å². The van der Waals surface area contributed by atoms with Crippen molar-refractivity contribution in [1.29, 1.82) is 0 Å². The van der Waals surface area contributed by atoms with E-state index >= 15 is 0 Å². The SMILES string of the molecule is Cc1ccc(S(=O)(=O)N(CC(=O)N/N=C\c2ccc(OCC(=O)N3CCOCC3)cc2)c2ccccc2F)cc1. The predicted octanol–water partition coefficient (Wildman–Crippen LogP) is 2.72. The lowest BCUT2D eigenvalue weighted by atomic mass is 10.2. The van der Waals surface area contributed by atoms with Crippen LogP contribution in [0.1, 0.15) is 11.1 Å². The van der Waals surface area contributed by atoms with Crippen LogP contribution in [0.5, 0.6) is 5.75 Å². The van der Waals surface area contributed by atoms with Gasteiger partial charge in [0, 0.05) is 13.1 Å². The van der Waals surface area contributed by atoms with Gasteiger partial charge in [-0.1, -0.05) is 29.8 Å². The number of carbonyl (C=O) groups excluding carboxylic acids is 2. The summed E-state index contributed by atoms with van der Waals surface area (Å²) in [5, 5.41) is 3.89. The molecule has 0 saturated carbocycles. The second-order valence-corrected chi connectivity index (χ2v) is 10.8. The third-order valence-electron chi connectivity index (χ3n) is 6.03. The molecule has 1 heterocycles. The van der Waals surface area contributed by atoms with Crippen LogP contribution >= 0.6 is 0 Å². The molecule has 1 fully saturated rings. The molecule has 10 nitrogen and oxygen atoms in total. The molecule has 0 aromatic heterocycles. The summed E-state index contributed by atoms with van der Waals surface area (Å²) >= 11 is 0. The van der Waals surface area contributed by atoms with Gasteiger partial charge in [0.15, 0.2) is 6.61 Å². The maximum absolute atomic E-state index is 14.6. The molecular formula is C28H29FN4O6S. The fourth-order valence-corrected chi connectivity index (χ4v) is 5.26. The Morgan fingerprint density at radius 3 is 2.40 bits per heavy atom. The third-order valence-corrected chi connectivity index (χ3v) is 7.80. The normalized spacial score (nSPS) is 13.7. The van der Waals surface area contributed by atoms with E-state index < -0.39 is 28.3 Å². The Kier molecular flexibility index (Phi) is 9.46. The van der Waals surface area contributed by atoms with Gasteiger partial charge in [-0.3, -0.25) is 13.9 Å². The number of nitrogens with zero attached hydrogens (tertiary/aromatic N) is 3. The first-order valence-corrected chi connectivity index (χ1v) is 13.9. The molecule has 0 bridgehead atoms. The van der Waals surface area contributed by atoms with E-state index in [4.69, 9.17) is 9.47 Å². The first-order valence-electron chi connectivity index (χ1n) is 12.5. The van der Waals surface area contributed by atoms with Gasteiger partial charge in [-0.25, -0.2) is 18.2 Å². The van der Waals surface area contributed by atoms with Crippen LogP contribution in [0.2, 0.25) is 0 Å². The molecule has 4 rings (SSSR count). The van der Waals surface area contributed by atoms with Crippen molar-refractivity contribution in [1.82, 2.24) is 10.3 Å². The van der Waals surface area contributed by atoms with Crippen molar-refractivity contribution >= 4 is 33.7 Å². The summed E-state index contributed by atoms with van der Waals surface area (Å²) in [4.78, 5) is 26.5. The number of anilines is 1. The number of amides is 2. The number of ether oxygens (including phenoxy) is 2. The number of morpholine rings is 1. The number of hydrogen-bond donors (Lipinski definition) is 1. The Bertz CT molecular complexity index is 1460. The van der Waals surface area contributed by atoms with Crippen LogP contribution < -0.4 is 14.5 Å². The molecule has 1 aliphatic rings. The smallest absolute Gasteiger partial charge is 0.264 e. The monoisotopic (exact) mass is 568 g/mol. The zero-order valence-corrected chi connectivity index (χ0v) is 22.6. The second kappa shape index (κ2) is 13.2. The standard InChI is InChI=1S/C28H29FN4O6S/c1-21-6-12-24(13-7-21)40(36,37)33(26-5-3-2-4-25(26)29)19-27(34)31-30-18-22-8-10-23(11-9-22)39-20-28(35)32-14-16-38-17-15-32/h2-13,18H,14-17,19-20H2,1H3,(H,31,34)/b30-18-. The molecule has 0 atom stereocenters. The number of aryl methyl sites for hydroxylation is 1. The maximum atomic E-state index is 14.6. The number of benzene rings is 3.